The summed E-state index contributed by atoms with van der Waals surface area (Å²) in [4.78, 5) is 39.8. The van der Waals surface area contributed by atoms with E-state index in [0.717, 1.165) is 4.90 Å². The van der Waals surface area contributed by atoms with Gasteiger partial charge in [0.05, 0.1) is 23.9 Å². The van der Waals surface area contributed by atoms with Crippen LogP contribution in [-0.2, 0) is 4.79 Å². The van der Waals surface area contributed by atoms with Crippen LogP contribution in [0, 0.1) is 5.92 Å². The number of amides is 3. The molecular formula is C21H21ClN2O4. The normalized spacial score (nSPS) is 14.2. The Balaban J connectivity index is 1.93. The van der Waals surface area contributed by atoms with Crippen molar-refractivity contribution in [3.05, 3.63) is 58.6 Å². The average molecular weight is 401 g/mol. The SMILES string of the molecule is COc1ccc(Cl)cc1NC(=O)C(CC(C)C)N1C(=O)c2ccccc2C1=O. The van der Waals surface area contributed by atoms with Crippen LogP contribution in [0.5, 0.6) is 5.75 Å². The fourth-order valence-corrected chi connectivity index (χ4v) is 3.43. The summed E-state index contributed by atoms with van der Waals surface area (Å²) in [5.41, 5.74) is 1.01. The van der Waals surface area contributed by atoms with Gasteiger partial charge in [-0.2, -0.15) is 0 Å². The van der Waals surface area contributed by atoms with E-state index < -0.39 is 23.8 Å². The number of ether oxygens (including phenoxy) is 1. The van der Waals surface area contributed by atoms with Crippen molar-refractivity contribution in [1.82, 2.24) is 4.90 Å². The van der Waals surface area contributed by atoms with E-state index in [4.69, 9.17) is 16.3 Å². The summed E-state index contributed by atoms with van der Waals surface area (Å²) in [6, 6.07) is 10.5. The van der Waals surface area contributed by atoms with Gasteiger partial charge in [-0.05, 0) is 42.7 Å². The van der Waals surface area contributed by atoms with Crippen molar-refractivity contribution >= 4 is 35.0 Å². The van der Waals surface area contributed by atoms with Gasteiger partial charge in [0, 0.05) is 5.02 Å². The van der Waals surface area contributed by atoms with Crippen LogP contribution in [0.25, 0.3) is 0 Å². The molecule has 2 aromatic carbocycles. The van der Waals surface area contributed by atoms with E-state index in [1.165, 1.54) is 7.11 Å². The molecule has 1 heterocycles. The number of imide groups is 1. The van der Waals surface area contributed by atoms with Crippen molar-refractivity contribution in [3.63, 3.8) is 0 Å². The zero-order valence-corrected chi connectivity index (χ0v) is 16.6. The maximum Gasteiger partial charge on any atom is 0.262 e. The fraction of sp³-hybridized carbons (Fsp3) is 0.286. The molecule has 0 spiro atoms. The number of hydrogen-bond acceptors (Lipinski definition) is 4. The van der Waals surface area contributed by atoms with Gasteiger partial charge in [-0.15, -0.1) is 0 Å². The molecule has 0 bridgehead atoms. The number of halogens is 1. The molecule has 1 unspecified atom stereocenters. The molecule has 0 saturated heterocycles. The second-order valence-corrected chi connectivity index (χ2v) is 7.44. The lowest BCUT2D eigenvalue weighted by Gasteiger charge is -2.27. The van der Waals surface area contributed by atoms with E-state index in [9.17, 15) is 14.4 Å². The Morgan fingerprint density at radius 1 is 1.11 bits per heavy atom. The lowest BCUT2D eigenvalue weighted by molar-refractivity contribution is -0.120. The highest BCUT2D eigenvalue weighted by molar-refractivity contribution is 6.31. The maximum absolute atomic E-state index is 13.1. The number of carbonyl (C=O) groups is 3. The van der Waals surface area contributed by atoms with Gasteiger partial charge in [0.2, 0.25) is 5.91 Å². The summed E-state index contributed by atoms with van der Waals surface area (Å²) in [6.45, 7) is 3.86. The molecule has 28 heavy (non-hydrogen) atoms. The molecule has 0 fully saturated rings. The Hall–Kier alpha value is -2.86. The zero-order chi connectivity index (χ0) is 20.4. The van der Waals surface area contributed by atoms with Gasteiger partial charge in [0.1, 0.15) is 11.8 Å². The predicted molar refractivity (Wildman–Crippen MR) is 107 cm³/mol. The Morgan fingerprint density at radius 3 is 2.25 bits per heavy atom. The highest BCUT2D eigenvalue weighted by Crippen LogP contribution is 2.30. The first-order valence-corrected chi connectivity index (χ1v) is 9.32. The summed E-state index contributed by atoms with van der Waals surface area (Å²) in [5, 5.41) is 3.19. The zero-order valence-electron chi connectivity index (χ0n) is 15.9. The van der Waals surface area contributed by atoms with Gasteiger partial charge >= 0.3 is 0 Å². The topological polar surface area (TPSA) is 75.7 Å². The largest absolute Gasteiger partial charge is 0.495 e. The number of rotatable bonds is 6. The maximum atomic E-state index is 13.1. The molecule has 1 N–H and O–H groups in total. The van der Waals surface area contributed by atoms with Gasteiger partial charge in [0.25, 0.3) is 11.8 Å². The van der Waals surface area contributed by atoms with Gasteiger partial charge in [-0.1, -0.05) is 37.6 Å². The van der Waals surface area contributed by atoms with Crippen molar-refractivity contribution in [3.8, 4) is 5.75 Å². The first-order chi connectivity index (χ1) is 13.3. The molecule has 1 aliphatic rings. The Kier molecular flexibility index (Phi) is 5.70. The second kappa shape index (κ2) is 8.02. The highest BCUT2D eigenvalue weighted by Gasteiger charge is 2.42. The molecule has 0 radical (unpaired) electrons. The van der Waals surface area contributed by atoms with Gasteiger partial charge < -0.3 is 10.1 Å². The molecule has 7 heteroatoms. The third-order valence-electron chi connectivity index (χ3n) is 4.55. The number of methoxy groups -OCH3 is 1. The Labute approximate surface area is 168 Å². The van der Waals surface area contributed by atoms with Crippen molar-refractivity contribution in [2.45, 2.75) is 26.3 Å². The van der Waals surface area contributed by atoms with Crippen LogP contribution in [0.15, 0.2) is 42.5 Å². The minimum absolute atomic E-state index is 0.0846. The van der Waals surface area contributed by atoms with Crippen molar-refractivity contribution in [2.24, 2.45) is 5.92 Å². The first kappa shape index (κ1) is 19.9. The minimum Gasteiger partial charge on any atom is -0.495 e. The second-order valence-electron chi connectivity index (χ2n) is 7.01. The van der Waals surface area contributed by atoms with Crippen LogP contribution in [0.3, 0.4) is 0 Å². The molecule has 1 aliphatic heterocycles. The molecule has 2 aromatic rings. The Morgan fingerprint density at radius 2 is 1.71 bits per heavy atom. The summed E-state index contributed by atoms with van der Waals surface area (Å²) < 4.78 is 5.26. The van der Waals surface area contributed by atoms with Crippen LogP contribution >= 0.6 is 11.6 Å². The van der Waals surface area contributed by atoms with Crippen molar-refractivity contribution < 1.29 is 19.1 Å². The number of fused-ring (bicyclic) bond motifs is 1. The molecule has 146 valence electrons. The third-order valence-corrected chi connectivity index (χ3v) is 4.79. The third kappa shape index (κ3) is 3.73. The predicted octanol–water partition coefficient (Wildman–Crippen LogP) is 4.00. The van der Waals surface area contributed by atoms with E-state index in [-0.39, 0.29) is 5.92 Å². The number of hydrogen-bond donors (Lipinski definition) is 1. The average Bonchev–Trinajstić information content (AvgIpc) is 2.91. The van der Waals surface area contributed by atoms with E-state index in [2.05, 4.69) is 5.32 Å². The quantitative estimate of drug-likeness (QED) is 0.743. The summed E-state index contributed by atoms with van der Waals surface area (Å²) >= 11 is 6.03. The number of anilines is 1. The molecule has 3 amide bonds. The monoisotopic (exact) mass is 400 g/mol. The van der Waals surface area contributed by atoms with Crippen LogP contribution in [0.4, 0.5) is 5.69 Å². The summed E-state index contributed by atoms with van der Waals surface area (Å²) in [6.07, 6.45) is 0.334. The lowest BCUT2D eigenvalue weighted by Crippen LogP contribution is -2.48. The number of carbonyl (C=O) groups excluding carboxylic acids is 3. The van der Waals surface area contributed by atoms with Crippen LogP contribution in [0.2, 0.25) is 5.02 Å². The molecule has 1 atom stereocenters. The van der Waals surface area contributed by atoms with Crippen LogP contribution < -0.4 is 10.1 Å². The van der Waals surface area contributed by atoms with E-state index in [1.807, 2.05) is 13.8 Å². The van der Waals surface area contributed by atoms with Crippen LogP contribution in [0.1, 0.15) is 41.0 Å². The smallest absolute Gasteiger partial charge is 0.262 e. The lowest BCUT2D eigenvalue weighted by atomic mass is 10.0. The summed E-state index contributed by atoms with van der Waals surface area (Å²) in [7, 11) is 1.48. The van der Waals surface area contributed by atoms with Gasteiger partial charge in [-0.25, -0.2) is 0 Å². The van der Waals surface area contributed by atoms with Gasteiger partial charge in [0.15, 0.2) is 0 Å². The van der Waals surface area contributed by atoms with E-state index in [1.54, 1.807) is 42.5 Å². The number of benzene rings is 2. The minimum atomic E-state index is -0.948. The molecule has 3 rings (SSSR count). The molecule has 0 aliphatic carbocycles. The molecule has 0 saturated carbocycles. The summed E-state index contributed by atoms with van der Waals surface area (Å²) in [5.74, 6) is -0.868. The van der Waals surface area contributed by atoms with Gasteiger partial charge in [-0.3, -0.25) is 19.3 Å². The van der Waals surface area contributed by atoms with Crippen molar-refractivity contribution in [2.75, 3.05) is 12.4 Å². The van der Waals surface area contributed by atoms with Crippen molar-refractivity contribution in [1.29, 1.82) is 0 Å². The number of nitrogens with one attached hydrogen (secondary N) is 1. The van der Waals surface area contributed by atoms with Crippen LogP contribution in [-0.4, -0.2) is 35.8 Å². The molecule has 0 aromatic heterocycles. The Bertz CT molecular complexity index is 907. The van der Waals surface area contributed by atoms with E-state index >= 15 is 0 Å². The first-order valence-electron chi connectivity index (χ1n) is 8.94. The molecular weight excluding hydrogens is 380 g/mol. The molecule has 6 nitrogen and oxygen atoms in total. The number of nitrogens with zero attached hydrogens (tertiary/aromatic N) is 1. The fourth-order valence-electron chi connectivity index (χ4n) is 3.26. The standard InChI is InChI=1S/C21H21ClN2O4/c1-12(2)10-17(19(25)23-16-11-13(22)8-9-18(16)28-3)24-20(26)14-6-4-5-7-15(14)21(24)27/h4-9,11-12,17H,10H2,1-3H3,(H,23,25). The highest BCUT2D eigenvalue weighted by atomic mass is 35.5. The van der Waals surface area contributed by atoms with E-state index in [0.29, 0.717) is 34.0 Å².